The molecule has 0 unspecified atom stereocenters. The maximum Gasteiger partial charge on any atom is 0.573 e. The number of thioether (sulfide) groups is 1. The van der Waals surface area contributed by atoms with Gasteiger partial charge in [-0.25, -0.2) is 14.5 Å². The lowest BCUT2D eigenvalue weighted by molar-refractivity contribution is -0.274. The number of carbonyl (C=O) groups excluding carboxylic acids is 1. The number of ether oxygens (including phenoxy) is 1. The van der Waals surface area contributed by atoms with Gasteiger partial charge in [0.1, 0.15) is 12.1 Å². The highest BCUT2D eigenvalue weighted by Crippen LogP contribution is 2.32. The Morgan fingerprint density at radius 1 is 1.00 bits per heavy atom. The summed E-state index contributed by atoms with van der Waals surface area (Å²) in [5, 5.41) is 8.15. The van der Waals surface area contributed by atoms with Gasteiger partial charge >= 0.3 is 12.4 Å². The highest BCUT2D eigenvalue weighted by molar-refractivity contribution is 8.14. The van der Waals surface area contributed by atoms with Gasteiger partial charge in [-0.15, -0.1) is 18.3 Å². The van der Waals surface area contributed by atoms with Crippen LogP contribution in [0.15, 0.2) is 78.0 Å². The Hall–Kier alpha value is -4.32. The van der Waals surface area contributed by atoms with E-state index >= 15 is 0 Å². The number of nitrogens with one attached hydrogen (secondary N) is 1. The average Bonchev–Trinajstić information content (AvgIpc) is 3.58. The van der Waals surface area contributed by atoms with Crippen LogP contribution in [0.3, 0.4) is 0 Å². The SMILES string of the molecule is Cc1cccc(C)c1N1CCSC1=NC(=O)NC(C)(C)c1ccc(-c2ncn(-c3ccc(OC(F)(F)F)cc3)n2)cc1. The average molecular weight is 595 g/mol. The number of hydrogen-bond donors (Lipinski definition) is 1. The normalized spacial score (nSPS) is 14.8. The fourth-order valence-corrected chi connectivity index (χ4v) is 5.69. The molecule has 218 valence electrons. The van der Waals surface area contributed by atoms with Gasteiger partial charge in [-0.2, -0.15) is 4.99 Å². The van der Waals surface area contributed by atoms with E-state index in [2.05, 4.69) is 56.0 Å². The van der Waals surface area contributed by atoms with Gasteiger partial charge in [-0.1, -0.05) is 54.2 Å². The number of hydrogen-bond acceptors (Lipinski definition) is 5. The molecule has 0 aliphatic carbocycles. The lowest BCUT2D eigenvalue weighted by Crippen LogP contribution is -2.40. The van der Waals surface area contributed by atoms with E-state index in [1.807, 2.05) is 44.2 Å². The van der Waals surface area contributed by atoms with Crippen molar-refractivity contribution in [1.29, 1.82) is 0 Å². The van der Waals surface area contributed by atoms with E-state index in [9.17, 15) is 18.0 Å². The molecule has 12 heteroatoms. The number of anilines is 1. The molecular formula is C30H29F3N6O2S. The van der Waals surface area contributed by atoms with E-state index in [4.69, 9.17) is 0 Å². The van der Waals surface area contributed by atoms with Gasteiger partial charge in [0.15, 0.2) is 11.0 Å². The standard InChI is InChI=1S/C30H29F3N6O2S/c1-19-6-5-7-20(2)25(19)38-16-17-42-28(38)35-27(40)36-29(3,4)22-10-8-21(9-11-22)26-34-18-39(37-26)23-12-14-24(15-13-23)41-30(31,32)33/h5-15,18H,16-17H2,1-4H3,(H,36,40). The van der Waals surface area contributed by atoms with Gasteiger partial charge in [0, 0.05) is 23.5 Å². The third-order valence-electron chi connectivity index (χ3n) is 6.79. The van der Waals surface area contributed by atoms with E-state index in [-0.39, 0.29) is 5.75 Å². The Morgan fingerprint density at radius 2 is 1.67 bits per heavy atom. The van der Waals surface area contributed by atoms with Crippen molar-refractivity contribution in [1.82, 2.24) is 20.1 Å². The molecule has 0 spiro atoms. The Balaban J connectivity index is 1.26. The van der Waals surface area contributed by atoms with Crippen molar-refractivity contribution < 1.29 is 22.7 Å². The number of carbonyl (C=O) groups is 1. The van der Waals surface area contributed by atoms with E-state index in [1.54, 1.807) is 11.8 Å². The molecule has 1 fully saturated rings. The predicted octanol–water partition coefficient (Wildman–Crippen LogP) is 7.00. The second-order valence-corrected chi connectivity index (χ2v) is 11.4. The molecule has 2 heterocycles. The minimum absolute atomic E-state index is 0.316. The van der Waals surface area contributed by atoms with Gasteiger partial charge in [0.2, 0.25) is 0 Å². The van der Waals surface area contributed by atoms with Crippen LogP contribution in [0.5, 0.6) is 5.75 Å². The molecule has 0 bridgehead atoms. The fourth-order valence-electron chi connectivity index (χ4n) is 4.74. The molecule has 42 heavy (non-hydrogen) atoms. The molecule has 1 N–H and O–H groups in total. The smallest absolute Gasteiger partial charge is 0.406 e. The largest absolute Gasteiger partial charge is 0.573 e. The van der Waals surface area contributed by atoms with Crippen LogP contribution >= 0.6 is 11.8 Å². The number of alkyl halides is 3. The third-order valence-corrected chi connectivity index (χ3v) is 7.75. The van der Waals surface area contributed by atoms with Gasteiger partial charge in [-0.3, -0.25) is 0 Å². The predicted molar refractivity (Wildman–Crippen MR) is 158 cm³/mol. The zero-order valence-corrected chi connectivity index (χ0v) is 24.3. The number of nitrogens with zero attached hydrogens (tertiary/aromatic N) is 5. The molecule has 0 radical (unpaired) electrons. The number of urea groups is 1. The highest BCUT2D eigenvalue weighted by Gasteiger charge is 2.31. The van der Waals surface area contributed by atoms with Crippen LogP contribution in [0.2, 0.25) is 0 Å². The first kappa shape index (κ1) is 29.2. The van der Waals surface area contributed by atoms with Gasteiger partial charge < -0.3 is 15.0 Å². The summed E-state index contributed by atoms with van der Waals surface area (Å²) in [4.78, 5) is 23.9. The summed E-state index contributed by atoms with van der Waals surface area (Å²) in [5.74, 6) is 0.978. The quantitative estimate of drug-likeness (QED) is 0.259. The van der Waals surface area contributed by atoms with E-state index in [0.717, 1.165) is 40.2 Å². The number of halogens is 3. The molecule has 0 saturated carbocycles. The summed E-state index contributed by atoms with van der Waals surface area (Å²) >= 11 is 1.56. The van der Waals surface area contributed by atoms with Crippen LogP contribution in [0.1, 0.15) is 30.5 Å². The molecule has 0 atom stereocenters. The number of aryl methyl sites for hydroxylation is 2. The third kappa shape index (κ3) is 6.59. The Morgan fingerprint density at radius 3 is 2.31 bits per heavy atom. The number of aromatic nitrogens is 3. The number of benzene rings is 3. The van der Waals surface area contributed by atoms with E-state index in [0.29, 0.717) is 16.7 Å². The first-order chi connectivity index (χ1) is 19.9. The number of amidine groups is 1. The van der Waals surface area contributed by atoms with Gasteiger partial charge in [-0.05, 0) is 68.7 Å². The maximum atomic E-state index is 13.0. The first-order valence-electron chi connectivity index (χ1n) is 13.2. The lowest BCUT2D eigenvalue weighted by Gasteiger charge is -2.27. The Labute approximate surface area is 245 Å². The van der Waals surface area contributed by atoms with Crippen molar-refractivity contribution in [3.8, 4) is 22.8 Å². The van der Waals surface area contributed by atoms with E-state index < -0.39 is 17.9 Å². The lowest BCUT2D eigenvalue weighted by atomic mass is 9.93. The first-order valence-corrected chi connectivity index (χ1v) is 14.1. The number of para-hydroxylation sites is 1. The minimum Gasteiger partial charge on any atom is -0.406 e. The molecule has 3 aromatic carbocycles. The van der Waals surface area contributed by atoms with Crippen molar-refractivity contribution in [3.05, 3.63) is 89.7 Å². The highest BCUT2D eigenvalue weighted by atomic mass is 32.2. The molecule has 8 nitrogen and oxygen atoms in total. The summed E-state index contributed by atoms with van der Waals surface area (Å²) in [6, 6.07) is 18.6. The van der Waals surface area contributed by atoms with E-state index in [1.165, 1.54) is 35.3 Å². The maximum absolute atomic E-state index is 13.0. The molecule has 4 aromatic rings. The Kier molecular flexibility index (Phi) is 8.00. The van der Waals surface area contributed by atoms with Crippen molar-refractivity contribution in [3.63, 3.8) is 0 Å². The Bertz CT molecular complexity index is 1600. The summed E-state index contributed by atoms with van der Waals surface area (Å²) in [5.41, 5.74) is 4.79. The molecule has 2 amide bonds. The van der Waals surface area contributed by atoms with Crippen LogP contribution in [0, 0.1) is 13.8 Å². The van der Waals surface area contributed by atoms with Crippen LogP contribution < -0.4 is 15.0 Å². The van der Waals surface area contributed by atoms with Crippen LogP contribution in [0.25, 0.3) is 17.1 Å². The monoisotopic (exact) mass is 594 g/mol. The summed E-state index contributed by atoms with van der Waals surface area (Å²) in [7, 11) is 0. The fraction of sp³-hybridized carbons (Fsp3) is 0.267. The summed E-state index contributed by atoms with van der Waals surface area (Å²) < 4.78 is 42.6. The zero-order valence-electron chi connectivity index (χ0n) is 23.4. The number of aliphatic imine (C=N–C) groups is 1. The topological polar surface area (TPSA) is 84.6 Å². The van der Waals surface area contributed by atoms with Crippen molar-refractivity contribution in [2.75, 3.05) is 17.2 Å². The molecule has 1 saturated heterocycles. The second kappa shape index (κ2) is 11.5. The van der Waals surface area contributed by atoms with Crippen molar-refractivity contribution >= 4 is 28.6 Å². The molecule has 1 aliphatic rings. The van der Waals surface area contributed by atoms with Crippen LogP contribution in [0.4, 0.5) is 23.7 Å². The van der Waals surface area contributed by atoms with Crippen molar-refractivity contribution in [2.24, 2.45) is 4.99 Å². The van der Waals surface area contributed by atoms with Crippen LogP contribution in [-0.2, 0) is 5.54 Å². The van der Waals surface area contributed by atoms with Crippen LogP contribution in [-0.4, -0.2) is 44.6 Å². The molecule has 5 rings (SSSR count). The number of rotatable bonds is 6. The molecule has 1 aromatic heterocycles. The summed E-state index contributed by atoms with van der Waals surface area (Å²) in [6.45, 7) is 8.72. The minimum atomic E-state index is -4.75. The molecule has 1 aliphatic heterocycles. The van der Waals surface area contributed by atoms with Gasteiger partial charge in [0.25, 0.3) is 0 Å². The van der Waals surface area contributed by atoms with Crippen molar-refractivity contribution in [2.45, 2.75) is 39.6 Å². The van der Waals surface area contributed by atoms with Gasteiger partial charge in [0.05, 0.1) is 11.2 Å². The second-order valence-electron chi connectivity index (χ2n) is 10.3. The summed E-state index contributed by atoms with van der Waals surface area (Å²) in [6.07, 6.45) is -3.27. The molecular weight excluding hydrogens is 565 g/mol. The number of amides is 2. The zero-order chi connectivity index (χ0) is 30.1.